The van der Waals surface area contributed by atoms with Gasteiger partial charge in [0.1, 0.15) is 0 Å². The van der Waals surface area contributed by atoms with Gasteiger partial charge in [0.25, 0.3) is 0 Å². The van der Waals surface area contributed by atoms with Crippen molar-refractivity contribution in [3.05, 3.63) is 65.4 Å². The van der Waals surface area contributed by atoms with Crippen molar-refractivity contribution in [2.45, 2.75) is 13.8 Å². The van der Waals surface area contributed by atoms with Crippen LogP contribution in [0.4, 0.5) is 5.69 Å². The topological polar surface area (TPSA) is 28.1 Å². The van der Waals surface area contributed by atoms with Crippen LogP contribution < -0.4 is 0 Å². The smallest absolute Gasteiger partial charge is 0.0688 e. The molecule has 3 rings (SSSR count). The van der Waals surface area contributed by atoms with Crippen molar-refractivity contribution < 1.29 is 0 Å². The van der Waals surface area contributed by atoms with Crippen molar-refractivity contribution in [3.8, 4) is 0 Å². The second-order valence-corrected chi connectivity index (χ2v) is 4.79. The van der Waals surface area contributed by atoms with Gasteiger partial charge >= 0.3 is 0 Å². The Morgan fingerprint density at radius 3 is 2.47 bits per heavy atom. The lowest BCUT2D eigenvalue weighted by molar-refractivity contribution is 1.33. The molecule has 94 valence electrons. The van der Waals surface area contributed by atoms with E-state index in [9.17, 15) is 0 Å². The van der Waals surface area contributed by atoms with Crippen LogP contribution in [0.2, 0.25) is 0 Å². The predicted octanol–water partition coefficient (Wildman–Crippen LogP) is 4.54. The molecule has 0 atom stereocenters. The van der Waals surface area contributed by atoms with E-state index in [-0.39, 0.29) is 0 Å². The summed E-state index contributed by atoms with van der Waals surface area (Å²) < 4.78 is 0. The number of aryl methyl sites for hydroxylation is 2. The minimum atomic E-state index is 1.06. The summed E-state index contributed by atoms with van der Waals surface area (Å²) in [5.41, 5.74) is 5.72. The van der Waals surface area contributed by atoms with E-state index in [2.05, 4.69) is 66.3 Å². The van der Waals surface area contributed by atoms with Gasteiger partial charge < -0.3 is 4.98 Å². The molecule has 0 unspecified atom stereocenters. The quantitative estimate of drug-likeness (QED) is 0.645. The molecule has 0 fully saturated rings. The van der Waals surface area contributed by atoms with Gasteiger partial charge in [-0.05, 0) is 31.0 Å². The minimum Gasteiger partial charge on any atom is -0.361 e. The lowest BCUT2D eigenvalue weighted by atomic mass is 10.1. The molecule has 0 radical (unpaired) electrons. The molecule has 2 aromatic carbocycles. The summed E-state index contributed by atoms with van der Waals surface area (Å²) >= 11 is 0. The SMILES string of the molecule is Cc1cccc(C)c1/N=C/c1cccc2cc[nH]c12. The van der Waals surface area contributed by atoms with E-state index in [1.165, 1.54) is 16.5 Å². The highest BCUT2D eigenvalue weighted by molar-refractivity contribution is 5.98. The number of nitrogens with zero attached hydrogens (tertiary/aromatic N) is 1. The average molecular weight is 248 g/mol. The fourth-order valence-electron chi connectivity index (χ4n) is 2.36. The molecular formula is C17H16N2. The van der Waals surface area contributed by atoms with Crippen LogP contribution in [0.3, 0.4) is 0 Å². The summed E-state index contributed by atoms with van der Waals surface area (Å²) in [7, 11) is 0. The molecule has 1 heterocycles. The van der Waals surface area contributed by atoms with Crippen molar-refractivity contribution in [3.63, 3.8) is 0 Å². The van der Waals surface area contributed by atoms with Gasteiger partial charge in [0.2, 0.25) is 0 Å². The number of nitrogens with one attached hydrogen (secondary N) is 1. The Bertz CT molecular complexity index is 731. The Kier molecular flexibility index (Phi) is 2.92. The molecule has 1 N–H and O–H groups in total. The molecule has 0 amide bonds. The molecule has 0 aliphatic heterocycles. The molecule has 1 aromatic heterocycles. The number of aromatic amines is 1. The summed E-state index contributed by atoms with van der Waals surface area (Å²) in [4.78, 5) is 7.92. The van der Waals surface area contributed by atoms with Crippen LogP contribution in [0.25, 0.3) is 10.9 Å². The van der Waals surface area contributed by atoms with Crippen LogP contribution in [0.15, 0.2) is 53.7 Å². The number of benzene rings is 2. The van der Waals surface area contributed by atoms with E-state index in [1.54, 1.807) is 0 Å². The van der Waals surface area contributed by atoms with Gasteiger partial charge in [-0.15, -0.1) is 0 Å². The molecule has 2 nitrogen and oxygen atoms in total. The van der Waals surface area contributed by atoms with Gasteiger partial charge in [-0.2, -0.15) is 0 Å². The Balaban J connectivity index is 2.05. The molecule has 0 aliphatic carbocycles. The molecule has 2 heteroatoms. The first-order valence-corrected chi connectivity index (χ1v) is 6.42. The summed E-state index contributed by atoms with van der Waals surface area (Å²) in [5.74, 6) is 0. The van der Waals surface area contributed by atoms with Crippen LogP contribution in [0, 0.1) is 13.8 Å². The summed E-state index contributed by atoms with van der Waals surface area (Å²) in [6, 6.07) is 14.6. The number of aliphatic imine (C=N–C) groups is 1. The van der Waals surface area contributed by atoms with E-state index in [0.717, 1.165) is 16.8 Å². The largest absolute Gasteiger partial charge is 0.361 e. The van der Waals surface area contributed by atoms with E-state index in [0.29, 0.717) is 0 Å². The maximum absolute atomic E-state index is 4.66. The third-order valence-corrected chi connectivity index (χ3v) is 3.39. The van der Waals surface area contributed by atoms with E-state index < -0.39 is 0 Å². The molecule has 0 bridgehead atoms. The number of para-hydroxylation sites is 2. The fourth-order valence-corrected chi connectivity index (χ4v) is 2.36. The number of H-pyrrole nitrogens is 1. The maximum Gasteiger partial charge on any atom is 0.0688 e. The van der Waals surface area contributed by atoms with Crippen molar-refractivity contribution in [1.29, 1.82) is 0 Å². The van der Waals surface area contributed by atoms with E-state index >= 15 is 0 Å². The first-order valence-electron chi connectivity index (χ1n) is 6.42. The zero-order chi connectivity index (χ0) is 13.2. The van der Waals surface area contributed by atoms with Gasteiger partial charge in [-0.25, -0.2) is 0 Å². The maximum atomic E-state index is 4.66. The highest BCUT2D eigenvalue weighted by atomic mass is 14.7. The van der Waals surface area contributed by atoms with Gasteiger partial charge in [-0.3, -0.25) is 4.99 Å². The van der Waals surface area contributed by atoms with Gasteiger partial charge in [0.15, 0.2) is 0 Å². The molecule has 0 aliphatic rings. The van der Waals surface area contributed by atoms with Crippen molar-refractivity contribution in [1.82, 2.24) is 4.98 Å². The van der Waals surface area contributed by atoms with Crippen molar-refractivity contribution in [2.24, 2.45) is 4.99 Å². The molecule has 19 heavy (non-hydrogen) atoms. The fraction of sp³-hybridized carbons (Fsp3) is 0.118. The van der Waals surface area contributed by atoms with E-state index in [4.69, 9.17) is 0 Å². The number of aromatic nitrogens is 1. The highest BCUT2D eigenvalue weighted by Gasteiger charge is 2.01. The van der Waals surface area contributed by atoms with E-state index in [1.807, 2.05) is 12.4 Å². The number of fused-ring (bicyclic) bond motifs is 1. The molecule has 3 aromatic rings. The number of hydrogen-bond acceptors (Lipinski definition) is 1. The molecule has 0 saturated heterocycles. The van der Waals surface area contributed by atoms with Crippen molar-refractivity contribution >= 4 is 22.8 Å². The van der Waals surface area contributed by atoms with Crippen molar-refractivity contribution in [2.75, 3.05) is 0 Å². The van der Waals surface area contributed by atoms with Crippen LogP contribution in [-0.4, -0.2) is 11.2 Å². The number of hydrogen-bond donors (Lipinski definition) is 1. The second-order valence-electron chi connectivity index (χ2n) is 4.79. The third kappa shape index (κ3) is 2.17. The Labute approximate surface area is 112 Å². The van der Waals surface area contributed by atoms with Crippen LogP contribution in [0.5, 0.6) is 0 Å². The summed E-state index contributed by atoms with van der Waals surface area (Å²) in [6.07, 6.45) is 3.90. The third-order valence-electron chi connectivity index (χ3n) is 3.39. The Morgan fingerprint density at radius 2 is 1.68 bits per heavy atom. The normalized spacial score (nSPS) is 11.5. The number of rotatable bonds is 2. The first kappa shape index (κ1) is 11.7. The average Bonchev–Trinajstić information content (AvgIpc) is 2.87. The summed E-state index contributed by atoms with van der Waals surface area (Å²) in [6.45, 7) is 4.18. The predicted molar refractivity (Wildman–Crippen MR) is 81.5 cm³/mol. The molecule has 0 spiro atoms. The standard InChI is InChI=1S/C17H16N2/c1-12-5-3-6-13(2)16(12)19-11-15-8-4-7-14-9-10-18-17(14)15/h3-11,18H,1-2H3/b19-11+. The molecule has 0 saturated carbocycles. The lowest BCUT2D eigenvalue weighted by Gasteiger charge is -2.03. The monoisotopic (exact) mass is 248 g/mol. The zero-order valence-corrected chi connectivity index (χ0v) is 11.1. The minimum absolute atomic E-state index is 1.06. The van der Waals surface area contributed by atoms with Crippen LogP contribution >= 0.6 is 0 Å². The Hall–Kier alpha value is -2.35. The Morgan fingerprint density at radius 1 is 0.947 bits per heavy atom. The lowest BCUT2D eigenvalue weighted by Crippen LogP contribution is -1.85. The second kappa shape index (κ2) is 4.73. The summed E-state index contributed by atoms with van der Waals surface area (Å²) in [5, 5.41) is 1.21. The van der Waals surface area contributed by atoms with Gasteiger partial charge in [0, 0.05) is 23.4 Å². The van der Waals surface area contributed by atoms with Gasteiger partial charge in [0.05, 0.1) is 11.2 Å². The zero-order valence-electron chi connectivity index (χ0n) is 11.1. The van der Waals surface area contributed by atoms with Gasteiger partial charge in [-0.1, -0.05) is 36.4 Å². The first-order chi connectivity index (χ1) is 9.25. The van der Waals surface area contributed by atoms with Crippen LogP contribution in [0.1, 0.15) is 16.7 Å². The van der Waals surface area contributed by atoms with Crippen LogP contribution in [-0.2, 0) is 0 Å². The molecular weight excluding hydrogens is 232 g/mol. The highest BCUT2D eigenvalue weighted by Crippen LogP contribution is 2.23.